The number of fused-ring (bicyclic) bond motifs is 4. The molecule has 4 nitrogen and oxygen atoms in total. The van der Waals surface area contributed by atoms with Crippen LogP contribution in [0.4, 0.5) is 0 Å². The number of quaternary nitrogens is 2. The van der Waals surface area contributed by atoms with Crippen molar-refractivity contribution in [2.75, 3.05) is 27.2 Å². The van der Waals surface area contributed by atoms with Gasteiger partial charge in [-0.15, -0.1) is 0 Å². The van der Waals surface area contributed by atoms with Gasteiger partial charge < -0.3 is 8.97 Å². The third-order valence-electron chi connectivity index (χ3n) is 8.89. The van der Waals surface area contributed by atoms with Crippen LogP contribution in [0, 0.1) is 0 Å². The summed E-state index contributed by atoms with van der Waals surface area (Å²) in [5.74, 6) is 1.03. The SMILES string of the molecule is C[N+]1(CCCCCC[N+]2(C)[C@@H]3CC[C@H]2CC(=O)C3)[C@@H]2CC[C@H]1CC(=O)C2. The number of carbonyl (C=O) groups excluding carboxylic acids is 2. The van der Waals surface area contributed by atoms with Crippen LogP contribution in [-0.2, 0) is 9.59 Å². The van der Waals surface area contributed by atoms with Gasteiger partial charge in [-0.05, 0) is 25.7 Å². The highest BCUT2D eigenvalue weighted by Gasteiger charge is 2.51. The van der Waals surface area contributed by atoms with Crippen LogP contribution in [0.1, 0.15) is 77.0 Å². The molecule has 0 aromatic carbocycles. The summed E-state index contributed by atoms with van der Waals surface area (Å²) in [5.41, 5.74) is 0. The lowest BCUT2D eigenvalue weighted by molar-refractivity contribution is -0.945. The van der Waals surface area contributed by atoms with Gasteiger partial charge in [-0.1, -0.05) is 0 Å². The standard InChI is InChI=1S/C22H38N2O2/c1-23(17-7-8-18(23)14-21(25)13-17)11-5-3-4-6-12-24(2)19-9-10-20(24)16-22(26)15-19/h17-20H,3-16H2,1-2H3/q+2/t17-,18+,19-,20+,23?,24?. The van der Waals surface area contributed by atoms with E-state index in [4.69, 9.17) is 0 Å². The number of piperidine rings is 2. The molecule has 2 unspecified atom stereocenters. The zero-order chi connectivity index (χ0) is 18.4. The third kappa shape index (κ3) is 3.17. The minimum atomic E-state index is 0.514. The van der Waals surface area contributed by atoms with Crippen molar-refractivity contribution in [3.63, 3.8) is 0 Å². The van der Waals surface area contributed by atoms with Crippen LogP contribution in [0.25, 0.3) is 0 Å². The molecule has 0 saturated carbocycles. The fourth-order valence-corrected chi connectivity index (χ4v) is 6.99. The second-order valence-electron chi connectivity index (χ2n) is 10.2. The average molecular weight is 363 g/mol. The first-order valence-corrected chi connectivity index (χ1v) is 11.1. The van der Waals surface area contributed by atoms with Crippen molar-refractivity contribution in [3.05, 3.63) is 0 Å². The van der Waals surface area contributed by atoms with E-state index in [1.165, 1.54) is 73.4 Å². The second kappa shape index (κ2) is 7.01. The summed E-state index contributed by atoms with van der Waals surface area (Å²) in [6.45, 7) is 2.54. The number of carbonyl (C=O) groups is 2. The Labute approximate surface area is 159 Å². The summed E-state index contributed by atoms with van der Waals surface area (Å²) in [6.07, 6.45) is 13.7. The molecule has 6 atom stereocenters. The highest BCUT2D eigenvalue weighted by Crippen LogP contribution is 2.41. The first kappa shape index (κ1) is 18.6. The van der Waals surface area contributed by atoms with Gasteiger partial charge in [-0.3, -0.25) is 9.59 Å². The van der Waals surface area contributed by atoms with E-state index < -0.39 is 0 Å². The van der Waals surface area contributed by atoms with Crippen LogP contribution < -0.4 is 0 Å². The third-order valence-corrected chi connectivity index (χ3v) is 8.89. The molecule has 0 spiro atoms. The zero-order valence-corrected chi connectivity index (χ0v) is 16.9. The first-order chi connectivity index (χ1) is 12.4. The summed E-state index contributed by atoms with van der Waals surface area (Å²) in [7, 11) is 4.84. The van der Waals surface area contributed by atoms with E-state index in [2.05, 4.69) is 14.1 Å². The molecule has 4 heteroatoms. The maximum absolute atomic E-state index is 11.9. The van der Waals surface area contributed by atoms with Gasteiger partial charge in [-0.25, -0.2) is 0 Å². The Kier molecular flexibility index (Phi) is 5.02. The normalized spacial score (nSPS) is 44.7. The fraction of sp³-hybridized carbons (Fsp3) is 0.909. The molecule has 4 aliphatic rings. The number of rotatable bonds is 7. The smallest absolute Gasteiger partial charge is 0.144 e. The van der Waals surface area contributed by atoms with E-state index in [0.29, 0.717) is 35.7 Å². The Morgan fingerprint density at radius 3 is 1.23 bits per heavy atom. The van der Waals surface area contributed by atoms with E-state index in [1.807, 2.05) is 0 Å². The highest BCUT2D eigenvalue weighted by atomic mass is 16.1. The molecule has 0 aromatic heterocycles. The van der Waals surface area contributed by atoms with Crippen LogP contribution in [0.5, 0.6) is 0 Å². The van der Waals surface area contributed by atoms with Crippen LogP contribution in [0.15, 0.2) is 0 Å². The maximum Gasteiger partial charge on any atom is 0.144 e. The molecule has 26 heavy (non-hydrogen) atoms. The zero-order valence-electron chi connectivity index (χ0n) is 16.9. The summed E-state index contributed by atoms with van der Waals surface area (Å²) < 4.78 is 2.37. The molecule has 4 fully saturated rings. The molecular weight excluding hydrogens is 324 g/mol. The lowest BCUT2D eigenvalue weighted by atomic mass is 9.96. The van der Waals surface area contributed by atoms with Crippen molar-refractivity contribution in [1.82, 2.24) is 0 Å². The van der Waals surface area contributed by atoms with Crippen molar-refractivity contribution in [2.24, 2.45) is 0 Å². The van der Waals surface area contributed by atoms with E-state index >= 15 is 0 Å². The molecule has 4 rings (SSSR count). The van der Waals surface area contributed by atoms with Gasteiger partial charge in [0.1, 0.15) is 11.6 Å². The number of unbranched alkanes of at least 4 members (excludes halogenated alkanes) is 3. The Morgan fingerprint density at radius 1 is 0.615 bits per heavy atom. The molecule has 146 valence electrons. The average Bonchev–Trinajstić information content (AvgIpc) is 2.88. The number of hydrogen-bond acceptors (Lipinski definition) is 2. The van der Waals surface area contributed by atoms with E-state index in [9.17, 15) is 9.59 Å². The molecule has 4 heterocycles. The Balaban J connectivity index is 1.19. The predicted molar refractivity (Wildman–Crippen MR) is 103 cm³/mol. The minimum Gasteiger partial charge on any atom is -0.320 e. The Bertz CT molecular complexity index is 490. The Hall–Kier alpha value is -0.740. The summed E-state index contributed by atoms with van der Waals surface area (Å²) in [4.78, 5) is 23.7. The predicted octanol–water partition coefficient (Wildman–Crippen LogP) is 3.23. The largest absolute Gasteiger partial charge is 0.320 e. The molecule has 0 aromatic rings. The first-order valence-electron chi connectivity index (χ1n) is 11.1. The number of nitrogens with zero attached hydrogens (tertiary/aromatic N) is 2. The molecule has 0 amide bonds. The van der Waals surface area contributed by atoms with E-state index in [1.54, 1.807) is 0 Å². The second-order valence-corrected chi connectivity index (χ2v) is 10.2. The quantitative estimate of drug-likeness (QED) is 0.515. The lowest BCUT2D eigenvalue weighted by Gasteiger charge is -2.44. The van der Waals surface area contributed by atoms with Crippen LogP contribution in [-0.4, -0.2) is 71.9 Å². The van der Waals surface area contributed by atoms with Gasteiger partial charge in [-0.2, -0.15) is 0 Å². The van der Waals surface area contributed by atoms with Gasteiger partial charge in [0.2, 0.25) is 0 Å². The van der Waals surface area contributed by atoms with Crippen LogP contribution >= 0.6 is 0 Å². The minimum absolute atomic E-state index is 0.514. The highest BCUT2D eigenvalue weighted by molar-refractivity contribution is 5.80. The summed E-state index contributed by atoms with van der Waals surface area (Å²) >= 11 is 0. The van der Waals surface area contributed by atoms with Crippen molar-refractivity contribution < 1.29 is 18.6 Å². The topological polar surface area (TPSA) is 34.1 Å². The molecule has 4 aliphatic heterocycles. The number of hydrogen-bond donors (Lipinski definition) is 0. The molecule has 0 aliphatic carbocycles. The lowest BCUT2D eigenvalue weighted by Crippen LogP contribution is -2.58. The molecule has 4 bridgehead atoms. The van der Waals surface area contributed by atoms with Gasteiger partial charge in [0, 0.05) is 25.7 Å². The van der Waals surface area contributed by atoms with Crippen molar-refractivity contribution in [2.45, 2.75) is 101 Å². The molecular formula is C22H38N2O2+2. The fourth-order valence-electron chi connectivity index (χ4n) is 6.99. The van der Waals surface area contributed by atoms with Gasteiger partial charge >= 0.3 is 0 Å². The van der Waals surface area contributed by atoms with Crippen LogP contribution in [0.3, 0.4) is 0 Å². The van der Waals surface area contributed by atoms with Crippen LogP contribution in [0.2, 0.25) is 0 Å². The Morgan fingerprint density at radius 2 is 0.923 bits per heavy atom. The van der Waals surface area contributed by atoms with E-state index in [-0.39, 0.29) is 0 Å². The van der Waals surface area contributed by atoms with Crippen molar-refractivity contribution >= 4 is 11.6 Å². The van der Waals surface area contributed by atoms with Gasteiger partial charge in [0.15, 0.2) is 0 Å². The van der Waals surface area contributed by atoms with Crippen molar-refractivity contribution in [1.29, 1.82) is 0 Å². The van der Waals surface area contributed by atoms with Crippen molar-refractivity contribution in [3.8, 4) is 0 Å². The van der Waals surface area contributed by atoms with E-state index in [0.717, 1.165) is 25.7 Å². The molecule has 4 saturated heterocycles. The summed E-state index contributed by atoms with van der Waals surface area (Å²) in [5, 5.41) is 0. The molecule has 0 radical (unpaired) electrons. The van der Waals surface area contributed by atoms with Gasteiger partial charge in [0.05, 0.1) is 77.0 Å². The monoisotopic (exact) mass is 362 g/mol. The number of ketones is 2. The number of Topliss-reactive ketones (excluding diaryl/α,β-unsaturated/α-hetero) is 2. The molecule has 0 N–H and O–H groups in total. The maximum atomic E-state index is 11.9. The summed E-state index contributed by atoms with van der Waals surface area (Å²) in [6, 6.07) is 2.47. The van der Waals surface area contributed by atoms with Gasteiger partial charge in [0.25, 0.3) is 0 Å².